The molecule has 1 saturated heterocycles. The summed E-state index contributed by atoms with van der Waals surface area (Å²) in [6.45, 7) is 7.45. The summed E-state index contributed by atoms with van der Waals surface area (Å²) in [6, 6.07) is 14.8. The lowest BCUT2D eigenvalue weighted by atomic mass is 10.2. The number of piperazine rings is 1. The number of β-amino-alcohol motifs (C(OH)–C–C–N with tert-alkyl or cyclic N) is 1. The number of halogens is 1. The van der Waals surface area contributed by atoms with Crippen molar-refractivity contribution in [2.75, 3.05) is 57.3 Å². The second-order valence-electron chi connectivity index (χ2n) is 7.07. The highest BCUT2D eigenvalue weighted by Gasteiger charge is 2.25. The lowest BCUT2D eigenvalue weighted by molar-refractivity contribution is 0.112. The van der Waals surface area contributed by atoms with Crippen LogP contribution in [0.4, 0.5) is 11.4 Å². The molecule has 2 aliphatic rings. The third-order valence-corrected chi connectivity index (χ3v) is 6.97. The van der Waals surface area contributed by atoms with Crippen LogP contribution in [-0.4, -0.2) is 67.3 Å². The number of para-hydroxylation sites is 1. The Bertz CT molecular complexity index is 780. The van der Waals surface area contributed by atoms with Crippen LogP contribution < -0.4 is 4.90 Å². The van der Waals surface area contributed by atoms with Gasteiger partial charge < -0.3 is 14.9 Å². The van der Waals surface area contributed by atoms with Gasteiger partial charge in [-0.15, -0.1) is 0 Å². The minimum Gasteiger partial charge on any atom is -0.395 e. The van der Waals surface area contributed by atoms with Crippen LogP contribution >= 0.6 is 23.4 Å². The fourth-order valence-electron chi connectivity index (χ4n) is 3.89. The summed E-state index contributed by atoms with van der Waals surface area (Å²) in [7, 11) is 0. The summed E-state index contributed by atoms with van der Waals surface area (Å²) in [5, 5.41) is 9.91. The molecule has 0 aromatic heterocycles. The molecule has 0 atom stereocenters. The molecule has 144 valence electrons. The van der Waals surface area contributed by atoms with Crippen molar-refractivity contribution in [3.8, 4) is 0 Å². The van der Waals surface area contributed by atoms with Gasteiger partial charge in [-0.05, 0) is 37.2 Å². The van der Waals surface area contributed by atoms with Crippen LogP contribution in [0.1, 0.15) is 6.42 Å². The normalized spacial score (nSPS) is 17.6. The first-order chi connectivity index (χ1) is 13.3. The number of hydrogen-bond acceptors (Lipinski definition) is 5. The maximum absolute atomic E-state index is 9.08. The van der Waals surface area contributed by atoms with Crippen LogP contribution in [0.25, 0.3) is 0 Å². The van der Waals surface area contributed by atoms with Gasteiger partial charge in [0.15, 0.2) is 0 Å². The van der Waals surface area contributed by atoms with Crippen molar-refractivity contribution in [1.29, 1.82) is 0 Å². The van der Waals surface area contributed by atoms with Crippen molar-refractivity contribution in [3.63, 3.8) is 0 Å². The van der Waals surface area contributed by atoms with Crippen molar-refractivity contribution in [2.45, 2.75) is 16.2 Å². The molecule has 0 amide bonds. The van der Waals surface area contributed by atoms with E-state index in [1.54, 1.807) is 11.8 Å². The number of benzene rings is 2. The summed E-state index contributed by atoms with van der Waals surface area (Å²) in [5.41, 5.74) is 2.50. The summed E-state index contributed by atoms with van der Waals surface area (Å²) < 4.78 is 0. The van der Waals surface area contributed by atoms with E-state index in [-0.39, 0.29) is 6.61 Å². The second-order valence-corrected chi connectivity index (χ2v) is 8.53. The van der Waals surface area contributed by atoms with Gasteiger partial charge in [0.25, 0.3) is 0 Å². The number of nitrogens with zero attached hydrogens (tertiary/aromatic N) is 3. The third kappa shape index (κ3) is 4.28. The van der Waals surface area contributed by atoms with Gasteiger partial charge in [-0.1, -0.05) is 41.6 Å². The number of aliphatic hydroxyl groups excluding tert-OH is 1. The van der Waals surface area contributed by atoms with Gasteiger partial charge in [0, 0.05) is 44.2 Å². The molecule has 1 fully saturated rings. The standard InChI is InChI=1S/C21H26ClN3OS/c22-17-5-3-7-19-21(17)27-20-8-2-1-6-18(20)25(19)10-4-9-23-11-13-24(14-12-23)15-16-26/h1-3,5-8,26H,4,9-16H2. The van der Waals surface area contributed by atoms with Crippen molar-refractivity contribution in [3.05, 3.63) is 47.5 Å². The van der Waals surface area contributed by atoms with E-state index in [0.29, 0.717) is 0 Å². The molecule has 0 unspecified atom stereocenters. The first kappa shape index (κ1) is 19.1. The molecular formula is C21H26ClN3OS. The van der Waals surface area contributed by atoms with Gasteiger partial charge in [0.1, 0.15) is 0 Å². The van der Waals surface area contributed by atoms with E-state index in [2.05, 4.69) is 45.0 Å². The van der Waals surface area contributed by atoms with Crippen LogP contribution in [0, 0.1) is 0 Å². The Labute approximate surface area is 170 Å². The van der Waals surface area contributed by atoms with Crippen LogP contribution in [0.15, 0.2) is 52.3 Å². The first-order valence-corrected chi connectivity index (χ1v) is 10.8. The topological polar surface area (TPSA) is 30.0 Å². The lowest BCUT2D eigenvalue weighted by Gasteiger charge is -2.36. The number of rotatable bonds is 6. The summed E-state index contributed by atoms with van der Waals surface area (Å²) >= 11 is 8.26. The Hall–Kier alpha value is -1.24. The minimum absolute atomic E-state index is 0.258. The van der Waals surface area contributed by atoms with Gasteiger partial charge in [-0.3, -0.25) is 4.90 Å². The van der Waals surface area contributed by atoms with Gasteiger partial charge in [0.05, 0.1) is 27.9 Å². The summed E-state index contributed by atoms with van der Waals surface area (Å²) in [4.78, 5) is 9.74. The average molecular weight is 404 g/mol. The smallest absolute Gasteiger partial charge is 0.0568 e. The van der Waals surface area contributed by atoms with Gasteiger partial charge in [0.2, 0.25) is 0 Å². The molecule has 2 aliphatic heterocycles. The predicted molar refractivity (Wildman–Crippen MR) is 114 cm³/mol. The van der Waals surface area contributed by atoms with Crippen LogP contribution in [0.3, 0.4) is 0 Å². The van der Waals surface area contributed by atoms with E-state index in [4.69, 9.17) is 16.7 Å². The predicted octanol–water partition coefficient (Wildman–Crippen LogP) is 3.94. The van der Waals surface area contributed by atoms with Crippen LogP contribution in [0.2, 0.25) is 5.02 Å². The summed E-state index contributed by atoms with van der Waals surface area (Å²) in [6.07, 6.45) is 1.12. The van der Waals surface area contributed by atoms with Crippen molar-refractivity contribution in [1.82, 2.24) is 9.80 Å². The Morgan fingerprint density at radius 3 is 2.33 bits per heavy atom. The second kappa shape index (κ2) is 8.84. The molecule has 6 heteroatoms. The Balaban J connectivity index is 1.41. The molecule has 2 aromatic carbocycles. The highest BCUT2D eigenvalue weighted by Crippen LogP contribution is 2.50. The number of aliphatic hydroxyl groups is 1. The Morgan fingerprint density at radius 2 is 1.56 bits per heavy atom. The van der Waals surface area contributed by atoms with Crippen LogP contribution in [0.5, 0.6) is 0 Å². The monoisotopic (exact) mass is 403 g/mol. The van der Waals surface area contributed by atoms with Crippen molar-refractivity contribution < 1.29 is 5.11 Å². The molecule has 0 radical (unpaired) electrons. The van der Waals surface area contributed by atoms with Crippen LogP contribution in [-0.2, 0) is 0 Å². The summed E-state index contributed by atoms with van der Waals surface area (Å²) in [5.74, 6) is 0. The number of hydrogen-bond donors (Lipinski definition) is 1. The third-order valence-electron chi connectivity index (χ3n) is 5.34. The Morgan fingerprint density at radius 1 is 0.852 bits per heavy atom. The molecular weight excluding hydrogens is 378 g/mol. The molecule has 0 bridgehead atoms. The zero-order valence-corrected chi connectivity index (χ0v) is 17.1. The molecule has 4 nitrogen and oxygen atoms in total. The van der Waals surface area contributed by atoms with E-state index in [0.717, 1.165) is 62.2 Å². The maximum Gasteiger partial charge on any atom is 0.0568 e. The van der Waals surface area contributed by atoms with Gasteiger partial charge in [-0.2, -0.15) is 0 Å². The fraction of sp³-hybridized carbons (Fsp3) is 0.429. The minimum atomic E-state index is 0.258. The molecule has 27 heavy (non-hydrogen) atoms. The number of anilines is 2. The Kier molecular flexibility index (Phi) is 6.25. The highest BCUT2D eigenvalue weighted by molar-refractivity contribution is 7.99. The van der Waals surface area contributed by atoms with E-state index in [1.807, 2.05) is 12.1 Å². The average Bonchev–Trinajstić information content (AvgIpc) is 2.70. The van der Waals surface area contributed by atoms with Gasteiger partial charge >= 0.3 is 0 Å². The molecule has 2 aromatic rings. The molecule has 1 N–H and O–H groups in total. The lowest BCUT2D eigenvalue weighted by Crippen LogP contribution is -2.47. The zero-order chi connectivity index (χ0) is 18.6. The highest BCUT2D eigenvalue weighted by atomic mass is 35.5. The van der Waals surface area contributed by atoms with E-state index < -0.39 is 0 Å². The maximum atomic E-state index is 9.08. The van der Waals surface area contributed by atoms with Crippen molar-refractivity contribution in [2.24, 2.45) is 0 Å². The SMILES string of the molecule is OCCN1CCN(CCCN2c3ccccc3Sc3c(Cl)cccc32)CC1. The molecule has 0 aliphatic carbocycles. The van der Waals surface area contributed by atoms with Crippen molar-refractivity contribution >= 4 is 34.7 Å². The largest absolute Gasteiger partial charge is 0.395 e. The zero-order valence-electron chi connectivity index (χ0n) is 15.5. The molecule has 0 spiro atoms. The number of fused-ring (bicyclic) bond motifs is 2. The molecule has 2 heterocycles. The van der Waals surface area contributed by atoms with E-state index in [9.17, 15) is 0 Å². The fourth-order valence-corrected chi connectivity index (χ4v) is 5.27. The quantitative estimate of drug-likeness (QED) is 0.789. The van der Waals surface area contributed by atoms with E-state index >= 15 is 0 Å². The first-order valence-electron chi connectivity index (χ1n) is 9.65. The van der Waals surface area contributed by atoms with E-state index in [1.165, 1.54) is 16.3 Å². The van der Waals surface area contributed by atoms with Gasteiger partial charge in [-0.25, -0.2) is 0 Å². The molecule has 4 rings (SSSR count). The molecule has 0 saturated carbocycles.